The van der Waals surface area contributed by atoms with E-state index in [1.165, 1.54) is 39.0 Å². The second kappa shape index (κ2) is 26.2. The van der Waals surface area contributed by atoms with Crippen molar-refractivity contribution in [3.8, 4) is 49.8 Å². The quantitative estimate of drug-likeness (QED) is 0.0804. The van der Waals surface area contributed by atoms with E-state index in [-0.39, 0.29) is 30.6 Å². The average Bonchev–Trinajstić information content (AvgIpc) is 3.83. The Kier molecular flexibility index (Phi) is 17.9. The van der Waals surface area contributed by atoms with Crippen molar-refractivity contribution >= 4 is 76.1 Å². The third-order valence-electron chi connectivity index (χ3n) is 16.2. The van der Waals surface area contributed by atoms with Gasteiger partial charge in [0.15, 0.2) is 12.3 Å². The van der Waals surface area contributed by atoms with E-state index in [0.717, 1.165) is 143 Å². The normalized spacial score (nSPS) is 21.5. The number of benzene rings is 5. The highest BCUT2D eigenvalue weighted by atomic mass is 32.1. The maximum absolute atomic E-state index is 6.10. The molecule has 0 saturated heterocycles. The van der Waals surface area contributed by atoms with Crippen LogP contribution in [0.4, 0.5) is 28.4 Å². The SMILES string of the molecule is CCC1Cc2cc(-c3cccs3)c(N)cc2O1.CCC1Cc2cc(-c3nccs3)c(N)cc2O1.CCC1Cc2cc(C3C=CC=N3)c(N)cc2O1.CCC1Cc2cc(C3N=CC=N3)c(N)cc2O1.CCC1Cc2cc(C3N=CN=N3)c(N)cc2O1. The minimum Gasteiger partial charge on any atom is -0.490 e. The second-order valence-electron chi connectivity index (χ2n) is 21.9. The van der Waals surface area contributed by atoms with Gasteiger partial charge in [-0.3, -0.25) is 15.0 Å². The number of rotatable bonds is 10. The van der Waals surface area contributed by atoms with Gasteiger partial charge in [-0.05, 0) is 108 Å². The Morgan fingerprint density at radius 2 is 0.906 bits per heavy atom. The van der Waals surface area contributed by atoms with Gasteiger partial charge in [0.2, 0.25) is 0 Å². The molecule has 7 unspecified atom stereocenters. The van der Waals surface area contributed by atoms with Crippen LogP contribution in [0, 0.1) is 0 Å². The molecule has 19 heteroatoms. The van der Waals surface area contributed by atoms with Crippen LogP contribution >= 0.6 is 22.7 Å². The molecule has 17 nitrogen and oxygen atoms in total. The van der Waals surface area contributed by atoms with E-state index in [1.807, 2.05) is 54.1 Å². The van der Waals surface area contributed by atoms with E-state index in [1.54, 1.807) is 41.3 Å². The first-order valence-corrected chi connectivity index (χ1v) is 31.2. The number of ether oxygens (including phenoxy) is 5. The zero-order chi connectivity index (χ0) is 59.1. The Labute approximate surface area is 504 Å². The molecule has 8 aliphatic heterocycles. The van der Waals surface area contributed by atoms with Crippen LogP contribution in [0.3, 0.4) is 0 Å². The van der Waals surface area contributed by atoms with Gasteiger partial charge in [0.05, 0.1) is 6.04 Å². The van der Waals surface area contributed by atoms with Gasteiger partial charge in [-0.15, -0.1) is 27.8 Å². The lowest BCUT2D eigenvalue weighted by atomic mass is 10.00. The minimum absolute atomic E-state index is 0.0842. The Hall–Kier alpha value is -8.55. The minimum atomic E-state index is -0.277. The maximum atomic E-state index is 6.10. The smallest absolute Gasteiger partial charge is 0.189 e. The highest BCUT2D eigenvalue weighted by Crippen LogP contribution is 2.43. The molecule has 0 radical (unpaired) electrons. The number of thiophene rings is 1. The van der Waals surface area contributed by atoms with E-state index in [9.17, 15) is 0 Å². The van der Waals surface area contributed by atoms with Crippen molar-refractivity contribution in [3.05, 3.63) is 146 Å². The van der Waals surface area contributed by atoms with E-state index >= 15 is 0 Å². The fourth-order valence-electron chi connectivity index (χ4n) is 11.3. The first kappa shape index (κ1) is 58.2. The lowest BCUT2D eigenvalue weighted by molar-refractivity contribution is 0.228. The Morgan fingerprint density at radius 1 is 0.459 bits per heavy atom. The summed E-state index contributed by atoms with van der Waals surface area (Å²) in [5.41, 5.74) is 45.3. The molecule has 0 fully saturated rings. The van der Waals surface area contributed by atoms with Gasteiger partial charge < -0.3 is 52.4 Å². The fraction of sp³-hybridized carbons (Fsp3) is 0.348. The number of fused-ring (bicyclic) bond motifs is 5. The lowest BCUT2D eigenvalue weighted by Gasteiger charge is -2.11. The molecule has 7 aromatic rings. The van der Waals surface area contributed by atoms with Crippen LogP contribution < -0.4 is 52.4 Å². The largest absolute Gasteiger partial charge is 0.490 e. The third kappa shape index (κ3) is 13.1. The van der Waals surface area contributed by atoms with Crippen LogP contribution in [-0.4, -0.2) is 60.5 Å². The molecule has 0 bridgehead atoms. The average molecular weight is 1180 g/mol. The lowest BCUT2D eigenvalue weighted by Crippen LogP contribution is -2.10. The summed E-state index contributed by atoms with van der Waals surface area (Å²) in [4.78, 5) is 22.6. The first-order chi connectivity index (χ1) is 41.4. The Bertz CT molecular complexity index is 3350. The molecule has 5 aromatic carbocycles. The summed E-state index contributed by atoms with van der Waals surface area (Å²) in [7, 11) is 0. The van der Waals surface area contributed by atoms with Crippen LogP contribution in [0.1, 0.15) is 130 Å². The molecule has 0 aliphatic carbocycles. The molecule has 10 N–H and O–H groups in total. The zero-order valence-corrected chi connectivity index (χ0v) is 50.3. The molecular weight excluding hydrogens is 1100 g/mol. The van der Waals surface area contributed by atoms with Gasteiger partial charge in [0.1, 0.15) is 70.6 Å². The number of nitrogens with zero attached hydrogens (tertiary/aromatic N) is 7. The topological polar surface area (TPSA) is 263 Å². The molecule has 0 saturated carbocycles. The van der Waals surface area contributed by atoms with Gasteiger partial charge in [0, 0.05) is 154 Å². The van der Waals surface area contributed by atoms with Gasteiger partial charge in [-0.25, -0.2) is 9.98 Å². The summed E-state index contributed by atoms with van der Waals surface area (Å²) in [6.07, 6.45) is 23.6. The number of allylic oxidation sites excluding steroid dienone is 1. The highest BCUT2D eigenvalue weighted by molar-refractivity contribution is 7.13. The van der Waals surface area contributed by atoms with Gasteiger partial charge in [0.25, 0.3) is 0 Å². The van der Waals surface area contributed by atoms with Crippen molar-refractivity contribution in [3.63, 3.8) is 0 Å². The van der Waals surface area contributed by atoms with Gasteiger partial charge in [-0.1, -0.05) is 46.8 Å². The number of thiazole rings is 1. The van der Waals surface area contributed by atoms with Crippen LogP contribution in [0.25, 0.3) is 21.0 Å². The van der Waals surface area contributed by atoms with Crippen LogP contribution in [0.2, 0.25) is 0 Å². The van der Waals surface area contributed by atoms with E-state index in [2.05, 4.69) is 118 Å². The number of azo groups is 1. The summed E-state index contributed by atoms with van der Waals surface area (Å²) in [5.74, 6) is 4.68. The molecule has 8 aliphatic rings. The molecule has 7 atom stereocenters. The van der Waals surface area contributed by atoms with Crippen molar-refractivity contribution in [2.24, 2.45) is 30.2 Å². The number of hydrogen-bond acceptors (Lipinski definition) is 19. The zero-order valence-electron chi connectivity index (χ0n) is 48.7. The monoisotopic (exact) mass is 1180 g/mol. The van der Waals surface area contributed by atoms with Crippen molar-refractivity contribution in [2.75, 3.05) is 28.7 Å². The number of aromatic nitrogens is 1. The summed E-state index contributed by atoms with van der Waals surface area (Å²) < 4.78 is 29.0. The van der Waals surface area contributed by atoms with Crippen molar-refractivity contribution in [1.29, 1.82) is 0 Å². The van der Waals surface area contributed by atoms with Crippen molar-refractivity contribution in [2.45, 2.75) is 148 Å². The number of nitrogens with two attached hydrogens (primary N) is 5. The standard InChI is InChI=1S/C14H16N2O.C14H15NOS.C13H15N3O.C13H14N2OS.C12H14N4O/c1-2-10-6-9-7-11(13-4-3-5-16-13)12(15)8-14(9)17-10;1-2-10-6-9-7-11(14-4-3-5-17-14)12(15)8-13(9)16-10;1-2-9-5-8-6-10(13-15-3-4-16-13)11(14)7-12(8)17-9;1-2-9-5-8-6-10(13-15-3-4-17-13)11(14)7-12(8)16-9;1-2-8-3-7-4-9(12-14-6-15-16-12)10(13)5-11(7)17-8/h3-5,7-8,10,13H,2,6,15H2,1H3;3-5,7-8,10H,2,6,15H2,1H3;3-4,6-7,9,13H,2,5,14H2,1H3;3-4,6-7,9H,2,5,14H2,1H3;4-6,8,12H,2-3,13H2,1H3. The Balaban J connectivity index is 0.000000111. The predicted molar refractivity (Wildman–Crippen MR) is 347 cm³/mol. The van der Waals surface area contributed by atoms with E-state index in [4.69, 9.17) is 52.4 Å². The summed E-state index contributed by atoms with van der Waals surface area (Å²) in [6.45, 7) is 10.7. The van der Waals surface area contributed by atoms with Gasteiger partial charge >= 0.3 is 0 Å². The molecular formula is C66H74N12O5S2. The fourth-order valence-corrected chi connectivity index (χ4v) is 12.7. The summed E-state index contributed by atoms with van der Waals surface area (Å²) >= 11 is 3.33. The molecule has 0 spiro atoms. The number of nitrogen functional groups attached to an aromatic ring is 5. The van der Waals surface area contributed by atoms with Crippen LogP contribution in [0.5, 0.6) is 28.7 Å². The first-order valence-electron chi connectivity index (χ1n) is 29.4. The molecule has 85 heavy (non-hydrogen) atoms. The van der Waals surface area contributed by atoms with Crippen LogP contribution in [0.15, 0.2) is 132 Å². The predicted octanol–water partition coefficient (Wildman–Crippen LogP) is 14.1. The second-order valence-corrected chi connectivity index (χ2v) is 23.7. The Morgan fingerprint density at radius 3 is 1.33 bits per heavy atom. The number of anilines is 5. The molecule has 0 amide bonds. The number of aliphatic imine (C=N–C) groups is 4. The van der Waals surface area contributed by atoms with Crippen LogP contribution in [-0.2, 0) is 32.1 Å². The van der Waals surface area contributed by atoms with Gasteiger partial charge in [-0.2, -0.15) is 5.11 Å². The van der Waals surface area contributed by atoms with E-state index < -0.39 is 0 Å². The molecule has 440 valence electrons. The molecule has 15 rings (SSSR count). The highest BCUT2D eigenvalue weighted by Gasteiger charge is 2.29. The third-order valence-corrected chi connectivity index (χ3v) is 17.9. The molecule has 10 heterocycles. The maximum Gasteiger partial charge on any atom is 0.189 e. The van der Waals surface area contributed by atoms with E-state index in [0.29, 0.717) is 29.7 Å². The summed E-state index contributed by atoms with van der Waals surface area (Å²) in [6, 6.07) is 24.5. The van der Waals surface area contributed by atoms with Crippen molar-refractivity contribution in [1.82, 2.24) is 4.98 Å². The summed E-state index contributed by atoms with van der Waals surface area (Å²) in [5, 5.41) is 12.8. The number of hydrogen-bond donors (Lipinski definition) is 5. The van der Waals surface area contributed by atoms with Crippen molar-refractivity contribution < 1.29 is 23.7 Å². The molecule has 2 aromatic heterocycles.